The normalized spacial score (nSPS) is 12.2. The lowest BCUT2D eigenvalue weighted by Gasteiger charge is -2.31. The maximum atomic E-state index is 13.4. The van der Waals surface area contributed by atoms with Crippen molar-refractivity contribution < 1.29 is 18.0 Å². The zero-order valence-electron chi connectivity index (χ0n) is 18.9. The van der Waals surface area contributed by atoms with Crippen molar-refractivity contribution in [3.05, 3.63) is 63.0 Å². The van der Waals surface area contributed by atoms with Crippen molar-refractivity contribution in [2.45, 2.75) is 39.3 Å². The van der Waals surface area contributed by atoms with Gasteiger partial charge in [0, 0.05) is 22.0 Å². The quantitative estimate of drug-likeness (QED) is 0.388. The molecule has 33 heavy (non-hydrogen) atoms. The van der Waals surface area contributed by atoms with E-state index in [9.17, 15) is 18.0 Å². The molecule has 2 rings (SSSR count). The first kappa shape index (κ1) is 27.3. The van der Waals surface area contributed by atoms with Crippen LogP contribution < -0.4 is 9.62 Å². The lowest BCUT2D eigenvalue weighted by atomic mass is 10.1. The molecule has 2 amide bonds. The van der Waals surface area contributed by atoms with Crippen LogP contribution in [0.3, 0.4) is 0 Å². The lowest BCUT2D eigenvalue weighted by Crippen LogP contribution is -2.51. The SMILES string of the molecule is CCCCNC(=O)[C@H](C)N(Cc1ccc(Br)cc1)C(=O)CN(c1ccc(Br)cc1)S(C)(=O)=O. The first-order valence-corrected chi connectivity index (χ1v) is 14.0. The van der Waals surface area contributed by atoms with Gasteiger partial charge < -0.3 is 10.2 Å². The van der Waals surface area contributed by atoms with Crippen molar-refractivity contribution in [1.82, 2.24) is 10.2 Å². The molecular weight excluding hydrogens is 574 g/mol. The van der Waals surface area contributed by atoms with Crippen LogP contribution in [0.5, 0.6) is 0 Å². The summed E-state index contributed by atoms with van der Waals surface area (Å²) in [6.45, 7) is 3.97. The van der Waals surface area contributed by atoms with Gasteiger partial charge in [0.15, 0.2) is 0 Å². The number of carbonyl (C=O) groups is 2. The van der Waals surface area contributed by atoms with Crippen molar-refractivity contribution in [3.63, 3.8) is 0 Å². The number of benzene rings is 2. The molecule has 0 saturated heterocycles. The first-order valence-electron chi connectivity index (χ1n) is 10.6. The largest absolute Gasteiger partial charge is 0.354 e. The summed E-state index contributed by atoms with van der Waals surface area (Å²) in [6, 6.07) is 13.3. The Morgan fingerprint density at radius 3 is 2.06 bits per heavy atom. The molecule has 0 saturated carbocycles. The van der Waals surface area contributed by atoms with Crippen molar-refractivity contribution >= 4 is 59.4 Å². The van der Waals surface area contributed by atoms with Crippen molar-refractivity contribution in [1.29, 1.82) is 0 Å². The van der Waals surface area contributed by atoms with Crippen LogP contribution in [0.4, 0.5) is 5.69 Å². The van der Waals surface area contributed by atoms with Crippen LogP contribution >= 0.6 is 31.9 Å². The van der Waals surface area contributed by atoms with Crippen LogP contribution in [0, 0.1) is 0 Å². The van der Waals surface area contributed by atoms with E-state index in [1.165, 1.54) is 4.90 Å². The van der Waals surface area contributed by atoms with Gasteiger partial charge in [0.2, 0.25) is 21.8 Å². The fourth-order valence-corrected chi connectivity index (χ4v) is 4.50. The number of carbonyl (C=O) groups excluding carboxylic acids is 2. The zero-order chi connectivity index (χ0) is 24.6. The molecule has 0 aliphatic heterocycles. The smallest absolute Gasteiger partial charge is 0.244 e. The highest BCUT2D eigenvalue weighted by atomic mass is 79.9. The Morgan fingerprint density at radius 2 is 1.55 bits per heavy atom. The highest BCUT2D eigenvalue weighted by molar-refractivity contribution is 9.10. The number of rotatable bonds is 11. The summed E-state index contributed by atoms with van der Waals surface area (Å²) in [5, 5.41) is 2.86. The van der Waals surface area contributed by atoms with Gasteiger partial charge >= 0.3 is 0 Å². The molecule has 0 heterocycles. The minimum absolute atomic E-state index is 0.173. The molecule has 0 radical (unpaired) electrons. The Hall–Kier alpha value is -1.91. The van der Waals surface area contributed by atoms with Crippen LogP contribution in [-0.2, 0) is 26.2 Å². The molecule has 2 aromatic carbocycles. The van der Waals surface area contributed by atoms with Gasteiger partial charge in [-0.1, -0.05) is 57.3 Å². The molecular formula is C23H29Br2N3O4S. The molecule has 7 nitrogen and oxygen atoms in total. The van der Waals surface area contributed by atoms with E-state index in [-0.39, 0.29) is 12.5 Å². The number of sulfonamides is 1. The Labute approximate surface area is 212 Å². The summed E-state index contributed by atoms with van der Waals surface area (Å²) in [7, 11) is -3.74. The van der Waals surface area contributed by atoms with E-state index >= 15 is 0 Å². The Kier molecular flexibility index (Phi) is 10.4. The molecule has 10 heteroatoms. The fraction of sp³-hybridized carbons (Fsp3) is 0.391. The molecule has 180 valence electrons. The highest BCUT2D eigenvalue weighted by Gasteiger charge is 2.30. The number of amides is 2. The van der Waals surface area contributed by atoms with Crippen molar-refractivity contribution in [3.8, 4) is 0 Å². The van der Waals surface area contributed by atoms with E-state index in [0.29, 0.717) is 12.2 Å². The van der Waals surface area contributed by atoms with E-state index in [2.05, 4.69) is 37.2 Å². The number of hydrogen-bond donors (Lipinski definition) is 1. The molecule has 1 N–H and O–H groups in total. The highest BCUT2D eigenvalue weighted by Crippen LogP contribution is 2.22. The summed E-state index contributed by atoms with van der Waals surface area (Å²) in [5.74, 6) is -0.743. The van der Waals surface area contributed by atoms with E-state index in [1.54, 1.807) is 31.2 Å². The second-order valence-electron chi connectivity index (χ2n) is 7.71. The fourth-order valence-electron chi connectivity index (χ4n) is 3.13. The summed E-state index contributed by atoms with van der Waals surface area (Å²) in [6.07, 6.45) is 2.83. The second kappa shape index (κ2) is 12.5. The second-order valence-corrected chi connectivity index (χ2v) is 11.5. The molecule has 0 aliphatic rings. The molecule has 1 atom stereocenters. The molecule has 0 aromatic heterocycles. The third-order valence-electron chi connectivity index (χ3n) is 5.06. The molecule has 0 aliphatic carbocycles. The zero-order valence-corrected chi connectivity index (χ0v) is 22.9. The minimum atomic E-state index is -3.74. The van der Waals surface area contributed by atoms with Gasteiger partial charge in [-0.3, -0.25) is 13.9 Å². The lowest BCUT2D eigenvalue weighted by molar-refractivity contribution is -0.139. The van der Waals surface area contributed by atoms with Gasteiger partial charge in [0.1, 0.15) is 12.6 Å². The predicted molar refractivity (Wildman–Crippen MR) is 138 cm³/mol. The van der Waals surface area contributed by atoms with E-state index < -0.39 is 28.5 Å². The van der Waals surface area contributed by atoms with E-state index in [4.69, 9.17) is 0 Å². The summed E-state index contributed by atoms with van der Waals surface area (Å²) >= 11 is 6.72. The number of nitrogens with zero attached hydrogens (tertiary/aromatic N) is 2. The monoisotopic (exact) mass is 601 g/mol. The van der Waals surface area contributed by atoms with Crippen LogP contribution in [-0.4, -0.2) is 50.5 Å². The van der Waals surface area contributed by atoms with Crippen LogP contribution in [0.15, 0.2) is 57.5 Å². The summed E-state index contributed by atoms with van der Waals surface area (Å²) in [4.78, 5) is 27.6. The number of anilines is 1. The van der Waals surface area contributed by atoms with Gasteiger partial charge in [0.25, 0.3) is 0 Å². The van der Waals surface area contributed by atoms with Gasteiger partial charge in [-0.2, -0.15) is 0 Å². The molecule has 2 aromatic rings. The maximum Gasteiger partial charge on any atom is 0.244 e. The number of unbranched alkanes of at least 4 members (excludes halogenated alkanes) is 1. The average molecular weight is 603 g/mol. The standard InChI is InChI=1S/C23H29Br2N3O4S/c1-4-5-14-26-23(30)17(2)27(15-18-6-8-19(24)9-7-18)22(29)16-28(33(3,31)32)21-12-10-20(25)11-13-21/h6-13,17H,4-5,14-16H2,1-3H3,(H,26,30)/t17-/m0/s1. The van der Waals surface area contributed by atoms with Crippen molar-refractivity contribution in [2.75, 3.05) is 23.7 Å². The number of nitrogens with one attached hydrogen (secondary N) is 1. The molecule has 0 spiro atoms. The van der Waals surface area contributed by atoms with Crippen molar-refractivity contribution in [2.24, 2.45) is 0 Å². The maximum absolute atomic E-state index is 13.4. The molecule has 0 unspecified atom stereocenters. The molecule has 0 fully saturated rings. The van der Waals surface area contributed by atoms with Crippen LogP contribution in [0.1, 0.15) is 32.3 Å². The number of halogens is 2. The Balaban J connectivity index is 2.32. The van der Waals surface area contributed by atoms with Gasteiger partial charge in [-0.05, 0) is 55.3 Å². The Morgan fingerprint density at radius 1 is 1.00 bits per heavy atom. The third-order valence-corrected chi connectivity index (χ3v) is 7.25. The van der Waals surface area contributed by atoms with Gasteiger partial charge in [-0.25, -0.2) is 8.42 Å². The Bertz CT molecular complexity index is 1040. The van der Waals surface area contributed by atoms with E-state index in [0.717, 1.165) is 37.9 Å². The van der Waals surface area contributed by atoms with Crippen LogP contribution in [0.2, 0.25) is 0 Å². The third kappa shape index (κ3) is 8.42. The minimum Gasteiger partial charge on any atom is -0.354 e. The summed E-state index contributed by atoms with van der Waals surface area (Å²) < 4.78 is 27.8. The first-order chi connectivity index (χ1) is 15.5. The predicted octanol–water partition coefficient (Wildman–Crippen LogP) is 4.31. The topological polar surface area (TPSA) is 86.8 Å². The molecule has 0 bridgehead atoms. The van der Waals surface area contributed by atoms with Crippen LogP contribution in [0.25, 0.3) is 0 Å². The average Bonchev–Trinajstić information content (AvgIpc) is 2.76. The van der Waals surface area contributed by atoms with E-state index in [1.807, 2.05) is 31.2 Å². The van der Waals surface area contributed by atoms with Gasteiger partial charge in [0.05, 0.1) is 11.9 Å². The number of hydrogen-bond acceptors (Lipinski definition) is 4. The summed E-state index contributed by atoms with van der Waals surface area (Å²) in [5.41, 5.74) is 1.20. The van der Waals surface area contributed by atoms with Gasteiger partial charge in [-0.15, -0.1) is 0 Å².